The number of aromatic carboxylic acids is 1. The molecule has 0 amide bonds. The molecular weight excluding hydrogens is 362 g/mol. The molecule has 0 spiro atoms. The van der Waals surface area contributed by atoms with Crippen LogP contribution in [0, 0.1) is 5.92 Å². The molecule has 1 aliphatic heterocycles. The zero-order valence-corrected chi connectivity index (χ0v) is 16.3. The first-order valence-corrected chi connectivity index (χ1v) is 9.33. The molecule has 148 valence electrons. The lowest BCUT2D eigenvalue weighted by Crippen LogP contribution is -2.32. The van der Waals surface area contributed by atoms with Crippen molar-refractivity contribution in [3.8, 4) is 28.5 Å². The van der Waals surface area contributed by atoms with Crippen LogP contribution in [0.4, 0.5) is 0 Å². The summed E-state index contributed by atoms with van der Waals surface area (Å²) in [5, 5.41) is 9.57. The van der Waals surface area contributed by atoms with Crippen LogP contribution < -0.4 is 19.8 Å². The third-order valence-electron chi connectivity index (χ3n) is 5.31. The minimum absolute atomic E-state index is 0.00686. The smallest absolute Gasteiger partial charge is 0.341 e. The molecule has 4 rings (SSSR count). The molecule has 1 aromatic carbocycles. The molecule has 1 unspecified atom stereocenters. The summed E-state index contributed by atoms with van der Waals surface area (Å²) in [7, 11) is 3.10. The minimum atomic E-state index is -1.22. The number of methoxy groups -OCH3 is 2. The largest absolute Gasteiger partial charge is 0.493 e. The van der Waals surface area contributed by atoms with Crippen molar-refractivity contribution in [2.75, 3.05) is 14.2 Å². The van der Waals surface area contributed by atoms with E-state index in [1.54, 1.807) is 30.9 Å². The lowest BCUT2D eigenvalue weighted by Gasteiger charge is -2.33. The highest BCUT2D eigenvalue weighted by atomic mass is 16.5. The van der Waals surface area contributed by atoms with Crippen molar-refractivity contribution in [1.29, 1.82) is 0 Å². The predicted molar refractivity (Wildman–Crippen MR) is 103 cm³/mol. The maximum Gasteiger partial charge on any atom is 0.341 e. The highest BCUT2D eigenvalue weighted by molar-refractivity contribution is 5.89. The van der Waals surface area contributed by atoms with Gasteiger partial charge in [-0.3, -0.25) is 4.79 Å². The van der Waals surface area contributed by atoms with Gasteiger partial charge in [0.05, 0.1) is 19.9 Å². The van der Waals surface area contributed by atoms with E-state index in [2.05, 4.69) is 0 Å². The summed E-state index contributed by atoms with van der Waals surface area (Å²) < 4.78 is 18.7. The number of hydrogen-bond acceptors (Lipinski definition) is 5. The average molecular weight is 385 g/mol. The zero-order chi connectivity index (χ0) is 20.2. The topological polar surface area (TPSA) is 87.0 Å². The molecular formula is C21H23NO6. The van der Waals surface area contributed by atoms with E-state index in [0.717, 1.165) is 24.1 Å². The first-order chi connectivity index (χ1) is 13.4. The van der Waals surface area contributed by atoms with Crippen molar-refractivity contribution in [3.63, 3.8) is 0 Å². The van der Waals surface area contributed by atoms with E-state index >= 15 is 0 Å². The fraction of sp³-hybridized carbons (Fsp3) is 0.429. The second-order valence-corrected chi connectivity index (χ2v) is 7.56. The highest BCUT2D eigenvalue weighted by Gasteiger charge is 2.38. The number of carboxylic acid groups (broad SMARTS) is 1. The lowest BCUT2D eigenvalue weighted by atomic mass is 9.89. The van der Waals surface area contributed by atoms with Crippen LogP contribution in [0.3, 0.4) is 0 Å². The standard InChI is InChI=1S/C21H23NO6/c1-10(2)19-13-7-14(21(24)25)20(23)22(11-5-6-11)18(13)12-8-16(26-3)17(27-4)9-15(12)28-19/h7-11,19H,5-6H2,1-4H3,(H,24,25). The normalized spacial score (nSPS) is 17.5. The molecule has 7 heteroatoms. The molecule has 1 aliphatic carbocycles. The third kappa shape index (κ3) is 2.73. The second kappa shape index (κ2) is 6.58. The zero-order valence-electron chi connectivity index (χ0n) is 16.3. The van der Waals surface area contributed by atoms with Crippen LogP contribution >= 0.6 is 0 Å². The maximum atomic E-state index is 13.0. The Labute approximate surface area is 162 Å². The molecule has 1 aromatic heterocycles. The molecule has 1 N–H and O–H groups in total. The van der Waals surface area contributed by atoms with Gasteiger partial charge >= 0.3 is 5.97 Å². The Kier molecular flexibility index (Phi) is 4.33. The highest BCUT2D eigenvalue weighted by Crippen LogP contribution is 2.50. The van der Waals surface area contributed by atoms with Gasteiger partial charge in [-0.1, -0.05) is 13.8 Å². The number of benzene rings is 1. The number of pyridine rings is 1. The number of aromatic nitrogens is 1. The number of fused-ring (bicyclic) bond motifs is 3. The van der Waals surface area contributed by atoms with E-state index in [1.165, 1.54) is 6.07 Å². The van der Waals surface area contributed by atoms with E-state index in [1.807, 2.05) is 13.8 Å². The Morgan fingerprint density at radius 2 is 1.82 bits per heavy atom. The van der Waals surface area contributed by atoms with Gasteiger partial charge in [0.25, 0.3) is 5.56 Å². The second-order valence-electron chi connectivity index (χ2n) is 7.56. The third-order valence-corrected chi connectivity index (χ3v) is 5.31. The van der Waals surface area contributed by atoms with E-state index in [4.69, 9.17) is 14.2 Å². The molecule has 1 fully saturated rings. The molecule has 2 heterocycles. The molecule has 7 nitrogen and oxygen atoms in total. The number of rotatable bonds is 5. The fourth-order valence-electron chi connectivity index (χ4n) is 3.83. The number of ether oxygens (including phenoxy) is 3. The first kappa shape index (κ1) is 18.4. The van der Waals surface area contributed by atoms with Gasteiger partial charge in [-0.15, -0.1) is 0 Å². The molecule has 0 bridgehead atoms. The fourth-order valence-corrected chi connectivity index (χ4v) is 3.83. The van der Waals surface area contributed by atoms with Gasteiger partial charge in [0.2, 0.25) is 0 Å². The molecule has 1 atom stereocenters. The molecule has 28 heavy (non-hydrogen) atoms. The summed E-state index contributed by atoms with van der Waals surface area (Å²) in [5.74, 6) is 0.515. The van der Waals surface area contributed by atoms with Crippen LogP contribution in [0.5, 0.6) is 17.2 Å². The van der Waals surface area contributed by atoms with Crippen LogP contribution in [0.1, 0.15) is 54.8 Å². The number of carboxylic acids is 1. The summed E-state index contributed by atoms with van der Waals surface area (Å²) in [6.45, 7) is 4.01. The van der Waals surface area contributed by atoms with Crippen molar-refractivity contribution >= 4 is 5.97 Å². The van der Waals surface area contributed by atoms with Crippen LogP contribution in [-0.4, -0.2) is 29.9 Å². The van der Waals surface area contributed by atoms with E-state index in [9.17, 15) is 14.7 Å². The van der Waals surface area contributed by atoms with Crippen LogP contribution in [0.25, 0.3) is 11.3 Å². The van der Waals surface area contributed by atoms with Crippen molar-refractivity contribution in [2.24, 2.45) is 5.92 Å². The summed E-state index contributed by atoms with van der Waals surface area (Å²) in [6.07, 6.45) is 1.33. The SMILES string of the molecule is COc1cc2c(cc1OC)-c1c(cc(C(=O)O)c(=O)n1C1CC1)C(C(C)C)O2. The molecule has 2 aliphatic rings. The van der Waals surface area contributed by atoms with Gasteiger partial charge in [0, 0.05) is 23.2 Å². The van der Waals surface area contributed by atoms with Gasteiger partial charge in [-0.25, -0.2) is 4.79 Å². The van der Waals surface area contributed by atoms with Crippen molar-refractivity contribution < 1.29 is 24.1 Å². The number of hydrogen-bond donors (Lipinski definition) is 1. The Morgan fingerprint density at radius 3 is 2.36 bits per heavy atom. The van der Waals surface area contributed by atoms with Crippen LogP contribution in [-0.2, 0) is 0 Å². The van der Waals surface area contributed by atoms with E-state index in [0.29, 0.717) is 22.8 Å². The molecule has 1 saturated carbocycles. The Hall–Kier alpha value is -2.96. The summed E-state index contributed by atoms with van der Waals surface area (Å²) in [5.41, 5.74) is 1.46. The first-order valence-electron chi connectivity index (χ1n) is 9.33. The minimum Gasteiger partial charge on any atom is -0.493 e. The average Bonchev–Trinajstić information content (AvgIpc) is 3.50. The van der Waals surface area contributed by atoms with Gasteiger partial charge in [-0.05, 0) is 30.9 Å². The molecule has 2 aromatic rings. The van der Waals surface area contributed by atoms with Gasteiger partial charge in [0.15, 0.2) is 11.5 Å². The predicted octanol–water partition coefficient (Wildman–Crippen LogP) is 3.66. The summed E-state index contributed by atoms with van der Waals surface area (Å²) in [6, 6.07) is 5.04. The van der Waals surface area contributed by atoms with Gasteiger partial charge in [-0.2, -0.15) is 0 Å². The number of nitrogens with zero attached hydrogens (tertiary/aromatic N) is 1. The van der Waals surface area contributed by atoms with Crippen molar-refractivity contribution in [3.05, 3.63) is 39.7 Å². The lowest BCUT2D eigenvalue weighted by molar-refractivity contribution is 0.0693. The van der Waals surface area contributed by atoms with Crippen LogP contribution in [0.15, 0.2) is 23.0 Å². The van der Waals surface area contributed by atoms with Crippen molar-refractivity contribution in [2.45, 2.75) is 38.8 Å². The van der Waals surface area contributed by atoms with E-state index in [-0.39, 0.29) is 23.6 Å². The Balaban J connectivity index is 2.09. The van der Waals surface area contributed by atoms with Gasteiger partial charge in [0.1, 0.15) is 17.4 Å². The quantitative estimate of drug-likeness (QED) is 0.845. The summed E-state index contributed by atoms with van der Waals surface area (Å²) in [4.78, 5) is 24.7. The Morgan fingerprint density at radius 1 is 1.18 bits per heavy atom. The van der Waals surface area contributed by atoms with Crippen molar-refractivity contribution in [1.82, 2.24) is 4.57 Å². The van der Waals surface area contributed by atoms with Crippen LogP contribution in [0.2, 0.25) is 0 Å². The summed E-state index contributed by atoms with van der Waals surface area (Å²) >= 11 is 0. The maximum absolute atomic E-state index is 13.0. The Bertz CT molecular complexity index is 1020. The monoisotopic (exact) mass is 385 g/mol. The van der Waals surface area contributed by atoms with E-state index < -0.39 is 11.5 Å². The molecule has 0 saturated heterocycles. The molecule has 0 radical (unpaired) electrons. The van der Waals surface area contributed by atoms with Gasteiger partial charge < -0.3 is 23.9 Å². The number of carbonyl (C=O) groups is 1.